The second-order valence-corrected chi connectivity index (χ2v) is 4.13. The summed E-state index contributed by atoms with van der Waals surface area (Å²) in [5.41, 5.74) is 1.37. The molecule has 16 heavy (non-hydrogen) atoms. The molecule has 0 spiro atoms. The zero-order valence-electron chi connectivity index (χ0n) is 8.48. The Morgan fingerprint density at radius 1 is 1.38 bits per heavy atom. The molecule has 0 aliphatic heterocycles. The van der Waals surface area contributed by atoms with Gasteiger partial charge in [0.1, 0.15) is 0 Å². The molecule has 0 fully saturated rings. The van der Waals surface area contributed by atoms with Crippen molar-refractivity contribution in [3.05, 3.63) is 39.8 Å². The molecule has 0 amide bonds. The van der Waals surface area contributed by atoms with E-state index in [-0.39, 0.29) is 6.61 Å². The van der Waals surface area contributed by atoms with Crippen LogP contribution in [0.25, 0.3) is 5.82 Å². The monoisotopic (exact) mass is 257 g/mol. The van der Waals surface area contributed by atoms with Crippen molar-refractivity contribution in [3.63, 3.8) is 0 Å². The molecular formula is C10H9Cl2N3O. The van der Waals surface area contributed by atoms with Gasteiger partial charge in [0.05, 0.1) is 28.5 Å². The fourth-order valence-electron chi connectivity index (χ4n) is 1.27. The molecule has 2 rings (SSSR count). The maximum Gasteiger partial charge on any atom is 0.172 e. The third-order valence-corrected chi connectivity index (χ3v) is 2.77. The molecule has 0 saturated carbocycles. The van der Waals surface area contributed by atoms with Crippen molar-refractivity contribution in [3.8, 4) is 5.82 Å². The SMILES string of the molecule is Cc1nn(-c2ncc(CO)cc2Cl)cc1Cl. The van der Waals surface area contributed by atoms with Crippen molar-refractivity contribution >= 4 is 23.2 Å². The van der Waals surface area contributed by atoms with Crippen LogP contribution in [0.3, 0.4) is 0 Å². The first-order valence-electron chi connectivity index (χ1n) is 4.59. The lowest BCUT2D eigenvalue weighted by atomic mass is 10.3. The Balaban J connectivity index is 2.48. The van der Waals surface area contributed by atoms with Crippen molar-refractivity contribution in [1.82, 2.24) is 14.8 Å². The third-order valence-electron chi connectivity index (χ3n) is 2.12. The minimum Gasteiger partial charge on any atom is -0.392 e. The van der Waals surface area contributed by atoms with E-state index in [4.69, 9.17) is 28.3 Å². The van der Waals surface area contributed by atoms with Crippen LogP contribution < -0.4 is 0 Å². The zero-order chi connectivity index (χ0) is 11.7. The Bertz CT molecular complexity index is 505. The fraction of sp³-hybridized carbons (Fsp3) is 0.200. The Hall–Kier alpha value is -1.10. The molecule has 2 heterocycles. The molecule has 84 valence electrons. The van der Waals surface area contributed by atoms with E-state index in [9.17, 15) is 0 Å². The van der Waals surface area contributed by atoms with Crippen LogP contribution in [0.1, 0.15) is 11.3 Å². The topological polar surface area (TPSA) is 50.9 Å². The first-order chi connectivity index (χ1) is 7.61. The smallest absolute Gasteiger partial charge is 0.172 e. The Morgan fingerprint density at radius 3 is 2.62 bits per heavy atom. The summed E-state index contributed by atoms with van der Waals surface area (Å²) in [7, 11) is 0. The lowest BCUT2D eigenvalue weighted by Crippen LogP contribution is -2.00. The molecular weight excluding hydrogens is 249 g/mol. The lowest BCUT2D eigenvalue weighted by Gasteiger charge is -2.04. The van der Waals surface area contributed by atoms with Crippen LogP contribution in [0.4, 0.5) is 0 Å². The molecule has 6 heteroatoms. The molecule has 2 aromatic heterocycles. The number of aliphatic hydroxyl groups excluding tert-OH is 1. The van der Waals surface area contributed by atoms with Crippen molar-refractivity contribution in [2.45, 2.75) is 13.5 Å². The van der Waals surface area contributed by atoms with Crippen LogP contribution in [0.5, 0.6) is 0 Å². The standard InChI is InChI=1S/C10H9Cl2N3O/c1-6-9(12)4-15(14-6)10-8(11)2-7(5-16)3-13-10/h2-4,16H,5H2,1H3. The summed E-state index contributed by atoms with van der Waals surface area (Å²) in [6, 6.07) is 1.65. The van der Waals surface area contributed by atoms with Gasteiger partial charge in [0, 0.05) is 6.20 Å². The van der Waals surface area contributed by atoms with Gasteiger partial charge in [-0.05, 0) is 18.6 Å². The van der Waals surface area contributed by atoms with Crippen molar-refractivity contribution < 1.29 is 5.11 Å². The average molecular weight is 258 g/mol. The highest BCUT2D eigenvalue weighted by atomic mass is 35.5. The van der Waals surface area contributed by atoms with Gasteiger partial charge >= 0.3 is 0 Å². The molecule has 0 unspecified atom stereocenters. The van der Waals surface area contributed by atoms with Gasteiger partial charge in [-0.3, -0.25) is 0 Å². The third kappa shape index (κ3) is 2.04. The van der Waals surface area contributed by atoms with Gasteiger partial charge in [0.2, 0.25) is 0 Å². The van der Waals surface area contributed by atoms with Gasteiger partial charge in [0.25, 0.3) is 0 Å². The highest BCUT2D eigenvalue weighted by molar-refractivity contribution is 6.32. The zero-order valence-corrected chi connectivity index (χ0v) is 10.00. The molecule has 4 nitrogen and oxygen atoms in total. The van der Waals surface area contributed by atoms with Crippen molar-refractivity contribution in [2.75, 3.05) is 0 Å². The summed E-state index contributed by atoms with van der Waals surface area (Å²) in [5, 5.41) is 14.1. The second kappa shape index (κ2) is 4.41. The summed E-state index contributed by atoms with van der Waals surface area (Å²) in [5.74, 6) is 0.494. The fourth-order valence-corrected chi connectivity index (χ4v) is 1.68. The summed E-state index contributed by atoms with van der Waals surface area (Å²) in [6.45, 7) is 1.71. The van der Waals surface area contributed by atoms with Crippen LogP contribution in [-0.4, -0.2) is 19.9 Å². The van der Waals surface area contributed by atoms with Crippen LogP contribution in [-0.2, 0) is 6.61 Å². The van der Waals surface area contributed by atoms with Crippen LogP contribution in [0.2, 0.25) is 10.0 Å². The molecule has 1 N–H and O–H groups in total. The second-order valence-electron chi connectivity index (χ2n) is 3.31. The van der Waals surface area contributed by atoms with E-state index in [2.05, 4.69) is 10.1 Å². The highest BCUT2D eigenvalue weighted by Crippen LogP contribution is 2.21. The summed E-state index contributed by atoms with van der Waals surface area (Å²) in [4.78, 5) is 4.12. The number of rotatable bonds is 2. The maximum absolute atomic E-state index is 8.93. The minimum atomic E-state index is -0.0914. The summed E-state index contributed by atoms with van der Waals surface area (Å²) >= 11 is 11.9. The first kappa shape index (κ1) is 11.4. The predicted molar refractivity (Wildman–Crippen MR) is 62.0 cm³/mol. The number of aromatic nitrogens is 3. The van der Waals surface area contributed by atoms with Gasteiger partial charge < -0.3 is 5.11 Å². The van der Waals surface area contributed by atoms with E-state index in [0.29, 0.717) is 27.1 Å². The molecule has 0 bridgehead atoms. The molecule has 0 aliphatic rings. The highest BCUT2D eigenvalue weighted by Gasteiger charge is 2.09. The average Bonchev–Trinajstić information content (AvgIpc) is 2.58. The Morgan fingerprint density at radius 2 is 2.12 bits per heavy atom. The number of aliphatic hydroxyl groups is 1. The van der Waals surface area contributed by atoms with Crippen molar-refractivity contribution in [2.24, 2.45) is 0 Å². The number of hydrogen-bond donors (Lipinski definition) is 1. The Kier molecular flexibility index (Phi) is 3.14. The Labute approximate surface area is 102 Å². The normalized spacial score (nSPS) is 10.8. The molecule has 0 saturated heterocycles. The number of halogens is 2. The van der Waals surface area contributed by atoms with Crippen molar-refractivity contribution in [1.29, 1.82) is 0 Å². The number of hydrogen-bond acceptors (Lipinski definition) is 3. The first-order valence-corrected chi connectivity index (χ1v) is 5.35. The van der Waals surface area contributed by atoms with Crippen LogP contribution in [0, 0.1) is 6.92 Å². The van der Waals surface area contributed by atoms with E-state index in [1.54, 1.807) is 25.4 Å². The van der Waals surface area contributed by atoms with E-state index in [1.807, 2.05) is 0 Å². The van der Waals surface area contributed by atoms with Gasteiger partial charge in [0.15, 0.2) is 5.82 Å². The number of aryl methyl sites for hydroxylation is 1. The molecule has 0 aliphatic carbocycles. The van der Waals surface area contributed by atoms with E-state index < -0.39 is 0 Å². The molecule has 0 aromatic carbocycles. The predicted octanol–water partition coefficient (Wildman–Crippen LogP) is 2.37. The summed E-state index contributed by atoms with van der Waals surface area (Å²) < 4.78 is 1.52. The van der Waals surface area contributed by atoms with Crippen LogP contribution >= 0.6 is 23.2 Å². The molecule has 2 aromatic rings. The minimum absolute atomic E-state index is 0.0914. The number of pyridine rings is 1. The van der Waals surface area contributed by atoms with Gasteiger partial charge in [-0.25, -0.2) is 9.67 Å². The van der Waals surface area contributed by atoms with Gasteiger partial charge in [-0.15, -0.1) is 0 Å². The summed E-state index contributed by atoms with van der Waals surface area (Å²) in [6.07, 6.45) is 3.19. The molecule has 0 radical (unpaired) electrons. The molecule has 0 atom stereocenters. The number of nitrogens with zero attached hydrogens (tertiary/aromatic N) is 3. The van der Waals surface area contributed by atoms with Gasteiger partial charge in [-0.1, -0.05) is 23.2 Å². The van der Waals surface area contributed by atoms with Gasteiger partial charge in [-0.2, -0.15) is 5.10 Å². The van der Waals surface area contributed by atoms with E-state index >= 15 is 0 Å². The van der Waals surface area contributed by atoms with E-state index in [1.165, 1.54) is 4.68 Å². The largest absolute Gasteiger partial charge is 0.392 e. The lowest BCUT2D eigenvalue weighted by molar-refractivity contribution is 0.281. The quantitative estimate of drug-likeness (QED) is 0.899. The van der Waals surface area contributed by atoms with Crippen LogP contribution in [0.15, 0.2) is 18.5 Å². The maximum atomic E-state index is 8.93. The van der Waals surface area contributed by atoms with E-state index in [0.717, 1.165) is 0 Å².